The summed E-state index contributed by atoms with van der Waals surface area (Å²) in [7, 11) is 0. The number of fused-ring (bicyclic) bond motifs is 1. The highest BCUT2D eigenvalue weighted by atomic mass is 35.5. The van der Waals surface area contributed by atoms with Crippen molar-refractivity contribution in [2.24, 2.45) is 0 Å². The van der Waals surface area contributed by atoms with Gasteiger partial charge in [0.2, 0.25) is 5.91 Å². The summed E-state index contributed by atoms with van der Waals surface area (Å²) in [5.74, 6) is 0.623. The molecule has 1 aromatic carbocycles. The van der Waals surface area contributed by atoms with Gasteiger partial charge in [0, 0.05) is 23.8 Å². The van der Waals surface area contributed by atoms with Crippen molar-refractivity contribution >= 4 is 40.0 Å². The molecule has 3 aromatic rings. The van der Waals surface area contributed by atoms with E-state index < -0.39 is 0 Å². The van der Waals surface area contributed by atoms with Gasteiger partial charge < -0.3 is 15.0 Å². The molecule has 1 aliphatic rings. The van der Waals surface area contributed by atoms with Crippen LogP contribution < -0.4 is 10.2 Å². The van der Waals surface area contributed by atoms with Gasteiger partial charge in [-0.15, -0.1) is 0 Å². The number of amides is 1. The first-order chi connectivity index (χ1) is 13.1. The highest BCUT2D eigenvalue weighted by molar-refractivity contribution is 6.31. The predicted molar refractivity (Wildman–Crippen MR) is 103 cm³/mol. The van der Waals surface area contributed by atoms with E-state index in [1.165, 1.54) is 6.33 Å². The Morgan fingerprint density at radius 3 is 2.93 bits per heavy atom. The first-order valence-corrected chi connectivity index (χ1v) is 9.05. The monoisotopic (exact) mass is 386 g/mol. The lowest BCUT2D eigenvalue weighted by Gasteiger charge is -2.27. The lowest BCUT2D eigenvalue weighted by atomic mass is 10.2. The van der Waals surface area contributed by atoms with Crippen molar-refractivity contribution in [3.8, 4) is 0 Å². The fourth-order valence-corrected chi connectivity index (χ4v) is 3.25. The number of benzene rings is 1. The second-order valence-electron chi connectivity index (χ2n) is 6.34. The van der Waals surface area contributed by atoms with Gasteiger partial charge in [-0.1, -0.05) is 17.7 Å². The van der Waals surface area contributed by atoms with Crippen molar-refractivity contribution in [1.29, 1.82) is 0 Å². The van der Waals surface area contributed by atoms with Crippen LogP contribution in [0.25, 0.3) is 11.0 Å². The maximum absolute atomic E-state index is 12.5. The Hall–Kier alpha value is -2.71. The largest absolute Gasteiger partial charge is 0.378 e. The van der Waals surface area contributed by atoms with E-state index >= 15 is 0 Å². The zero-order valence-corrected chi connectivity index (χ0v) is 15.6. The molecular formula is C18H19ClN6O2. The average Bonchev–Trinajstić information content (AvgIpc) is 3.08. The van der Waals surface area contributed by atoms with Crippen LogP contribution in [-0.2, 0) is 16.1 Å². The Morgan fingerprint density at radius 1 is 1.30 bits per heavy atom. The maximum atomic E-state index is 12.5. The van der Waals surface area contributed by atoms with Crippen LogP contribution in [0.1, 0.15) is 5.56 Å². The zero-order valence-electron chi connectivity index (χ0n) is 14.9. The summed E-state index contributed by atoms with van der Waals surface area (Å²) < 4.78 is 6.98. The quantitative estimate of drug-likeness (QED) is 0.740. The number of morpholine rings is 1. The maximum Gasteiger partial charge on any atom is 0.246 e. The zero-order chi connectivity index (χ0) is 18.8. The molecule has 140 valence electrons. The van der Waals surface area contributed by atoms with E-state index in [9.17, 15) is 4.79 Å². The molecule has 0 aliphatic carbocycles. The molecule has 8 nitrogen and oxygen atoms in total. The predicted octanol–water partition coefficient (Wildman–Crippen LogP) is 2.26. The van der Waals surface area contributed by atoms with Crippen LogP contribution in [0.2, 0.25) is 5.02 Å². The van der Waals surface area contributed by atoms with E-state index in [2.05, 4.69) is 25.3 Å². The normalized spacial score (nSPS) is 14.5. The lowest BCUT2D eigenvalue weighted by molar-refractivity contribution is -0.116. The van der Waals surface area contributed by atoms with E-state index in [0.29, 0.717) is 29.6 Å². The third-order valence-corrected chi connectivity index (χ3v) is 4.73. The minimum absolute atomic E-state index is 0.0506. The molecule has 1 aliphatic heterocycles. The first kappa shape index (κ1) is 17.7. The lowest BCUT2D eigenvalue weighted by Crippen LogP contribution is -2.36. The molecule has 9 heteroatoms. The molecule has 1 amide bonds. The molecule has 0 spiro atoms. The number of halogens is 1. The molecule has 2 aromatic heterocycles. The SMILES string of the molecule is Cc1ccc(Cl)cc1NC(=O)Cn1ncc2c(N3CCOCC3)ncnc21. The van der Waals surface area contributed by atoms with Crippen molar-refractivity contribution in [1.82, 2.24) is 19.7 Å². The van der Waals surface area contributed by atoms with Gasteiger partial charge in [-0.3, -0.25) is 4.79 Å². The molecule has 1 N–H and O–H groups in total. The van der Waals surface area contributed by atoms with Crippen molar-refractivity contribution in [3.05, 3.63) is 41.3 Å². The summed E-state index contributed by atoms with van der Waals surface area (Å²) in [4.78, 5) is 23.4. The molecule has 0 atom stereocenters. The van der Waals surface area contributed by atoms with Crippen molar-refractivity contribution < 1.29 is 9.53 Å². The fourth-order valence-electron chi connectivity index (χ4n) is 3.08. The summed E-state index contributed by atoms with van der Waals surface area (Å²) in [5, 5.41) is 8.62. The van der Waals surface area contributed by atoms with E-state index in [-0.39, 0.29) is 12.5 Å². The highest BCUT2D eigenvalue weighted by Gasteiger charge is 2.19. The third kappa shape index (κ3) is 3.72. The van der Waals surface area contributed by atoms with Gasteiger partial charge >= 0.3 is 0 Å². The number of ether oxygens (including phenoxy) is 1. The molecule has 0 bridgehead atoms. The van der Waals surface area contributed by atoms with Gasteiger partial charge in [0.05, 0.1) is 24.8 Å². The molecule has 0 radical (unpaired) electrons. The average molecular weight is 387 g/mol. The third-order valence-electron chi connectivity index (χ3n) is 4.49. The summed E-state index contributed by atoms with van der Waals surface area (Å²) >= 11 is 6.01. The minimum Gasteiger partial charge on any atom is -0.378 e. The summed E-state index contributed by atoms with van der Waals surface area (Å²) in [6.07, 6.45) is 3.21. The van der Waals surface area contributed by atoms with E-state index in [0.717, 1.165) is 29.9 Å². The van der Waals surface area contributed by atoms with Gasteiger partial charge in [-0.05, 0) is 24.6 Å². The summed E-state index contributed by atoms with van der Waals surface area (Å²) in [6, 6.07) is 5.38. The minimum atomic E-state index is -0.197. The smallest absolute Gasteiger partial charge is 0.246 e. The van der Waals surface area contributed by atoms with E-state index in [1.54, 1.807) is 23.0 Å². The number of nitrogens with one attached hydrogen (secondary N) is 1. The number of aromatic nitrogens is 4. The van der Waals surface area contributed by atoms with Gasteiger partial charge in [0.15, 0.2) is 5.65 Å². The Kier molecular flexibility index (Phi) is 4.91. The molecule has 0 saturated carbocycles. The van der Waals surface area contributed by atoms with Crippen LogP contribution in [0.5, 0.6) is 0 Å². The van der Waals surface area contributed by atoms with Gasteiger partial charge in [-0.2, -0.15) is 5.10 Å². The van der Waals surface area contributed by atoms with E-state index in [1.807, 2.05) is 13.0 Å². The van der Waals surface area contributed by atoms with Gasteiger partial charge in [-0.25, -0.2) is 14.6 Å². The number of rotatable bonds is 4. The highest BCUT2D eigenvalue weighted by Crippen LogP contribution is 2.24. The Balaban J connectivity index is 1.55. The number of nitrogens with zero attached hydrogens (tertiary/aromatic N) is 5. The molecule has 3 heterocycles. The van der Waals surface area contributed by atoms with Crippen molar-refractivity contribution in [3.63, 3.8) is 0 Å². The Labute approximate surface area is 161 Å². The first-order valence-electron chi connectivity index (χ1n) is 8.67. The number of hydrogen-bond donors (Lipinski definition) is 1. The molecule has 4 rings (SSSR count). The number of hydrogen-bond acceptors (Lipinski definition) is 6. The van der Waals surface area contributed by atoms with Crippen LogP contribution in [0.3, 0.4) is 0 Å². The number of carbonyl (C=O) groups is 1. The molecule has 1 fully saturated rings. The number of anilines is 2. The van der Waals surface area contributed by atoms with Crippen molar-refractivity contribution in [2.75, 3.05) is 36.5 Å². The van der Waals surface area contributed by atoms with Crippen LogP contribution >= 0.6 is 11.6 Å². The van der Waals surface area contributed by atoms with E-state index in [4.69, 9.17) is 16.3 Å². The summed E-state index contributed by atoms with van der Waals surface area (Å²) in [5.41, 5.74) is 2.26. The molecule has 0 unspecified atom stereocenters. The van der Waals surface area contributed by atoms with Gasteiger partial charge in [0.25, 0.3) is 0 Å². The van der Waals surface area contributed by atoms with Crippen LogP contribution in [-0.4, -0.2) is 52.0 Å². The second-order valence-corrected chi connectivity index (χ2v) is 6.78. The van der Waals surface area contributed by atoms with Crippen molar-refractivity contribution in [2.45, 2.75) is 13.5 Å². The fraction of sp³-hybridized carbons (Fsp3) is 0.333. The topological polar surface area (TPSA) is 85.2 Å². The molecule has 27 heavy (non-hydrogen) atoms. The van der Waals surface area contributed by atoms with Gasteiger partial charge in [0.1, 0.15) is 18.7 Å². The number of aryl methyl sites for hydroxylation is 1. The Morgan fingerprint density at radius 2 is 2.11 bits per heavy atom. The summed E-state index contributed by atoms with van der Waals surface area (Å²) in [6.45, 7) is 4.84. The standard InChI is InChI=1S/C18H19ClN6O2/c1-12-2-3-13(19)8-15(12)23-16(26)10-25-18-14(9-22-25)17(20-11-21-18)24-4-6-27-7-5-24/h2-3,8-9,11H,4-7,10H2,1H3,(H,23,26). The van der Waals surface area contributed by atoms with Crippen LogP contribution in [0.15, 0.2) is 30.7 Å². The second kappa shape index (κ2) is 7.50. The Bertz CT molecular complexity index is 983. The molecule has 1 saturated heterocycles. The number of carbonyl (C=O) groups excluding carboxylic acids is 1. The van der Waals surface area contributed by atoms with Crippen LogP contribution in [0, 0.1) is 6.92 Å². The molecular weight excluding hydrogens is 368 g/mol. The van der Waals surface area contributed by atoms with Crippen LogP contribution in [0.4, 0.5) is 11.5 Å².